The average Bonchev–Trinajstić information content (AvgIpc) is 2.68. The molecule has 0 saturated carbocycles. The van der Waals surface area contributed by atoms with Crippen molar-refractivity contribution in [2.24, 2.45) is 0 Å². The van der Waals surface area contributed by atoms with E-state index in [2.05, 4.69) is 10.9 Å². The Kier molecular flexibility index (Phi) is 6.02. The Morgan fingerprint density at radius 3 is 2.57 bits per heavy atom. The molecule has 0 bridgehead atoms. The fourth-order valence-corrected chi connectivity index (χ4v) is 3.38. The van der Waals surface area contributed by atoms with Crippen molar-refractivity contribution in [3.63, 3.8) is 0 Å². The van der Waals surface area contributed by atoms with Crippen molar-refractivity contribution in [1.29, 1.82) is 0 Å². The van der Waals surface area contributed by atoms with Gasteiger partial charge in [0.25, 0.3) is 5.91 Å². The zero-order valence-electron chi connectivity index (χ0n) is 14.9. The molecule has 1 aliphatic heterocycles. The molecule has 2 aromatic rings. The first-order valence-electron chi connectivity index (χ1n) is 8.47. The average molecular weight is 418 g/mol. The molecule has 0 fully saturated rings. The molecule has 2 N–H and O–H groups in total. The molecule has 0 aliphatic carbocycles. The lowest BCUT2D eigenvalue weighted by molar-refractivity contribution is -0.130. The molecule has 0 aromatic heterocycles. The number of halogens is 2. The first-order valence-corrected chi connectivity index (χ1v) is 9.22. The normalized spacial score (nSPS) is 15.0. The van der Waals surface area contributed by atoms with Crippen molar-refractivity contribution in [3.05, 3.63) is 75.4 Å². The maximum Gasteiger partial charge on any atom is 0.271 e. The van der Waals surface area contributed by atoms with Gasteiger partial charge >= 0.3 is 0 Å². The summed E-state index contributed by atoms with van der Waals surface area (Å²) in [6.07, 6.45) is 3.46. The van der Waals surface area contributed by atoms with Gasteiger partial charge in [0.05, 0.1) is 23.0 Å². The van der Waals surface area contributed by atoms with Gasteiger partial charge in [-0.15, -0.1) is 0 Å². The molecule has 1 heterocycles. The summed E-state index contributed by atoms with van der Waals surface area (Å²) in [5.41, 5.74) is 6.63. The summed E-state index contributed by atoms with van der Waals surface area (Å²) in [6, 6.07) is 11.5. The first-order chi connectivity index (χ1) is 13.4. The Morgan fingerprint density at radius 1 is 1.07 bits per heavy atom. The van der Waals surface area contributed by atoms with E-state index in [1.807, 2.05) is 30.3 Å². The minimum absolute atomic E-state index is 0.0233. The van der Waals surface area contributed by atoms with E-state index in [0.29, 0.717) is 5.02 Å². The molecule has 1 aliphatic rings. The maximum atomic E-state index is 12.4. The van der Waals surface area contributed by atoms with E-state index in [-0.39, 0.29) is 22.9 Å². The second-order valence-corrected chi connectivity index (χ2v) is 7.06. The van der Waals surface area contributed by atoms with E-state index in [0.717, 1.165) is 11.1 Å². The van der Waals surface area contributed by atoms with Gasteiger partial charge in [-0.05, 0) is 35.4 Å². The number of fused-ring (bicyclic) bond motifs is 1. The van der Waals surface area contributed by atoms with E-state index in [1.54, 1.807) is 12.3 Å². The van der Waals surface area contributed by atoms with Gasteiger partial charge in [0.15, 0.2) is 0 Å². The molecule has 0 spiro atoms. The van der Waals surface area contributed by atoms with Crippen molar-refractivity contribution in [2.75, 3.05) is 0 Å². The van der Waals surface area contributed by atoms with Crippen LogP contribution in [0.2, 0.25) is 10.0 Å². The highest BCUT2D eigenvalue weighted by Crippen LogP contribution is 2.32. The number of carbonyl (C=O) groups excluding carboxylic acids is 3. The van der Waals surface area contributed by atoms with Crippen molar-refractivity contribution in [1.82, 2.24) is 15.8 Å². The summed E-state index contributed by atoms with van der Waals surface area (Å²) in [5.74, 6) is -1.22. The number of nitrogens with zero attached hydrogens (tertiary/aromatic N) is 1. The van der Waals surface area contributed by atoms with E-state index < -0.39 is 17.9 Å². The molecule has 8 heteroatoms. The van der Waals surface area contributed by atoms with Gasteiger partial charge in [-0.2, -0.15) is 0 Å². The fourth-order valence-electron chi connectivity index (χ4n) is 3.01. The predicted octanol–water partition coefficient (Wildman–Crippen LogP) is 3.72. The van der Waals surface area contributed by atoms with Crippen LogP contribution < -0.4 is 10.9 Å². The van der Waals surface area contributed by atoms with Gasteiger partial charge in [0.1, 0.15) is 0 Å². The predicted molar refractivity (Wildman–Crippen MR) is 107 cm³/mol. The number of rotatable bonds is 3. The van der Waals surface area contributed by atoms with Crippen LogP contribution in [-0.2, 0) is 9.59 Å². The molecule has 3 amide bonds. The third-order valence-corrected chi connectivity index (χ3v) is 4.90. The minimum atomic E-state index is -0.590. The van der Waals surface area contributed by atoms with Gasteiger partial charge in [-0.25, -0.2) is 0 Å². The summed E-state index contributed by atoms with van der Waals surface area (Å²) in [6.45, 7) is 1.44. The van der Waals surface area contributed by atoms with Gasteiger partial charge in [-0.3, -0.25) is 25.2 Å². The molecule has 28 heavy (non-hydrogen) atoms. The zero-order valence-corrected chi connectivity index (χ0v) is 16.4. The smallest absolute Gasteiger partial charge is 0.271 e. The van der Waals surface area contributed by atoms with E-state index in [9.17, 15) is 14.4 Å². The van der Waals surface area contributed by atoms with Gasteiger partial charge in [-0.1, -0.05) is 47.5 Å². The third-order valence-electron chi connectivity index (χ3n) is 4.34. The van der Waals surface area contributed by atoms with Crippen molar-refractivity contribution < 1.29 is 14.4 Å². The summed E-state index contributed by atoms with van der Waals surface area (Å²) in [5, 5.41) is 0.564. The Bertz CT molecular complexity index is 975. The molecule has 144 valence electrons. The van der Waals surface area contributed by atoms with Crippen molar-refractivity contribution in [2.45, 2.75) is 19.4 Å². The van der Waals surface area contributed by atoms with Crippen LogP contribution in [0.3, 0.4) is 0 Å². The lowest BCUT2D eigenvalue weighted by Gasteiger charge is -2.32. The Morgan fingerprint density at radius 2 is 1.82 bits per heavy atom. The number of amides is 3. The van der Waals surface area contributed by atoms with Crippen LogP contribution in [0.1, 0.15) is 40.9 Å². The van der Waals surface area contributed by atoms with E-state index in [4.69, 9.17) is 23.2 Å². The Labute approximate surface area is 172 Å². The van der Waals surface area contributed by atoms with Crippen molar-refractivity contribution in [3.8, 4) is 0 Å². The number of hydrogen-bond donors (Lipinski definition) is 2. The van der Waals surface area contributed by atoms with Gasteiger partial charge in [0, 0.05) is 18.1 Å². The highest BCUT2D eigenvalue weighted by atomic mass is 35.5. The molecule has 2 aromatic carbocycles. The number of carbonyl (C=O) groups is 3. The molecule has 0 saturated heterocycles. The highest BCUT2D eigenvalue weighted by molar-refractivity contribution is 6.35. The quantitative estimate of drug-likeness (QED) is 0.746. The largest absolute Gasteiger partial charge is 0.311 e. The van der Waals surface area contributed by atoms with Crippen LogP contribution in [0.5, 0.6) is 0 Å². The zero-order chi connectivity index (χ0) is 20.3. The number of nitrogens with one attached hydrogen (secondary N) is 2. The number of benzene rings is 2. The van der Waals surface area contributed by atoms with Crippen LogP contribution in [0, 0.1) is 0 Å². The molecule has 0 radical (unpaired) electrons. The standard InChI is InChI=1S/C20H17Cl2N3O3/c1-12(26)25-9-8-13-4-2-3-5-15(13)18(25)11-19(27)23-24-20(28)16-10-14(21)6-7-17(16)22/h2-10,18H,11H2,1H3,(H,23,27)(H,24,28). The van der Waals surface area contributed by atoms with Gasteiger partial charge in [0.2, 0.25) is 11.8 Å². The molecular weight excluding hydrogens is 401 g/mol. The van der Waals surface area contributed by atoms with Crippen LogP contribution in [0.15, 0.2) is 48.7 Å². The lowest BCUT2D eigenvalue weighted by Crippen LogP contribution is -2.43. The Hall–Kier alpha value is -2.83. The monoisotopic (exact) mass is 417 g/mol. The fraction of sp³-hybridized carbons (Fsp3) is 0.150. The maximum absolute atomic E-state index is 12.4. The van der Waals surface area contributed by atoms with Crippen LogP contribution in [-0.4, -0.2) is 22.6 Å². The second kappa shape index (κ2) is 8.46. The Balaban J connectivity index is 1.69. The van der Waals surface area contributed by atoms with E-state index in [1.165, 1.54) is 24.0 Å². The van der Waals surface area contributed by atoms with Crippen molar-refractivity contribution >= 4 is 47.0 Å². The van der Waals surface area contributed by atoms with Crippen LogP contribution in [0.4, 0.5) is 0 Å². The first kappa shape index (κ1) is 19.9. The molecular formula is C20H17Cl2N3O3. The summed E-state index contributed by atoms with van der Waals surface area (Å²) in [7, 11) is 0. The molecule has 6 nitrogen and oxygen atoms in total. The number of hydrazine groups is 1. The molecule has 1 unspecified atom stereocenters. The van der Waals surface area contributed by atoms with Gasteiger partial charge < -0.3 is 4.90 Å². The third kappa shape index (κ3) is 4.35. The van der Waals surface area contributed by atoms with Crippen LogP contribution in [0.25, 0.3) is 6.08 Å². The minimum Gasteiger partial charge on any atom is -0.311 e. The summed E-state index contributed by atoms with van der Waals surface area (Å²) >= 11 is 11.9. The summed E-state index contributed by atoms with van der Waals surface area (Å²) < 4.78 is 0. The number of hydrogen-bond acceptors (Lipinski definition) is 3. The lowest BCUT2D eigenvalue weighted by atomic mass is 9.93. The molecule has 3 rings (SSSR count). The second-order valence-electron chi connectivity index (χ2n) is 6.22. The van der Waals surface area contributed by atoms with E-state index >= 15 is 0 Å². The summed E-state index contributed by atoms with van der Waals surface area (Å²) in [4.78, 5) is 38.1. The topological polar surface area (TPSA) is 78.5 Å². The molecule has 1 atom stereocenters. The van der Waals surface area contributed by atoms with Crippen LogP contribution >= 0.6 is 23.2 Å². The SMILES string of the molecule is CC(=O)N1C=Cc2ccccc2C1CC(=O)NNC(=O)c1cc(Cl)ccc1Cl. The highest BCUT2D eigenvalue weighted by Gasteiger charge is 2.28.